The Morgan fingerprint density at radius 3 is 2.19 bits per heavy atom. The maximum absolute atomic E-state index is 13.7. The zero-order chi connectivity index (χ0) is 27.6. The summed E-state index contributed by atoms with van der Waals surface area (Å²) in [6, 6.07) is 0. The van der Waals surface area contributed by atoms with E-state index in [1.54, 1.807) is 19.1 Å². The standard InChI is InChI=1S/C29H47NO5Si/c1-18(31)11-12-24(28(2,3)4)26(32)16-19-13-21(35-36(9,10)29(5,6)7)17-22(19)23-14-20(15-25(23)30)27(33)34-8/h14-15,19,21-22,24,30H,11-13,16-17H2,1-10H3/t19?,21-,22+,24+/m0/s1. The molecule has 0 aromatic heterocycles. The molecule has 202 valence electrons. The minimum Gasteiger partial charge on any atom is -0.465 e. The van der Waals surface area contributed by atoms with E-state index in [1.807, 2.05) is 0 Å². The number of hydrogen-bond acceptors (Lipinski definition) is 6. The van der Waals surface area contributed by atoms with Gasteiger partial charge in [0, 0.05) is 24.9 Å². The van der Waals surface area contributed by atoms with Crippen molar-refractivity contribution < 1.29 is 23.5 Å². The van der Waals surface area contributed by atoms with Gasteiger partial charge in [0.1, 0.15) is 11.6 Å². The third kappa shape index (κ3) is 7.34. The van der Waals surface area contributed by atoms with E-state index in [0.29, 0.717) is 30.5 Å². The summed E-state index contributed by atoms with van der Waals surface area (Å²) in [4.78, 5) is 37.5. The van der Waals surface area contributed by atoms with Crippen LogP contribution in [-0.4, -0.2) is 44.8 Å². The van der Waals surface area contributed by atoms with Gasteiger partial charge in [-0.1, -0.05) is 41.5 Å². The molecule has 1 saturated carbocycles. The summed E-state index contributed by atoms with van der Waals surface area (Å²) in [5.41, 5.74) is 1.25. The molecule has 7 heteroatoms. The van der Waals surface area contributed by atoms with Crippen molar-refractivity contribution in [1.29, 1.82) is 5.41 Å². The quantitative estimate of drug-likeness (QED) is 0.265. The topological polar surface area (TPSA) is 93.5 Å². The highest BCUT2D eigenvalue weighted by molar-refractivity contribution is 6.74. The molecule has 4 atom stereocenters. The molecular formula is C29H47NO5Si. The number of nitrogens with one attached hydrogen (secondary N) is 1. The van der Waals surface area contributed by atoms with Crippen LogP contribution in [0.15, 0.2) is 23.3 Å². The molecule has 2 aliphatic rings. The summed E-state index contributed by atoms with van der Waals surface area (Å²) < 4.78 is 11.7. The molecule has 0 aromatic rings. The molecule has 2 aliphatic carbocycles. The van der Waals surface area contributed by atoms with Gasteiger partial charge in [0.25, 0.3) is 0 Å². The normalized spacial score (nSPS) is 23.8. The molecule has 0 amide bonds. The lowest BCUT2D eigenvalue weighted by atomic mass is 9.72. The fraction of sp³-hybridized carbons (Fsp3) is 0.724. The molecule has 0 aliphatic heterocycles. The van der Waals surface area contributed by atoms with E-state index in [4.69, 9.17) is 14.6 Å². The molecule has 0 aromatic carbocycles. The number of rotatable bonds is 10. The van der Waals surface area contributed by atoms with Crippen LogP contribution in [0, 0.1) is 28.6 Å². The number of ether oxygens (including phenoxy) is 1. The predicted molar refractivity (Wildman–Crippen MR) is 147 cm³/mol. The molecule has 1 fully saturated rings. The molecule has 0 heterocycles. The second-order valence-corrected chi connectivity index (χ2v) is 18.0. The predicted octanol–water partition coefficient (Wildman–Crippen LogP) is 6.45. The zero-order valence-electron chi connectivity index (χ0n) is 24.0. The second-order valence-electron chi connectivity index (χ2n) is 13.3. The van der Waals surface area contributed by atoms with Crippen LogP contribution in [0.25, 0.3) is 0 Å². The summed E-state index contributed by atoms with van der Waals surface area (Å²) in [6.45, 7) is 18.9. The number of carbonyl (C=O) groups excluding carboxylic acids is 3. The van der Waals surface area contributed by atoms with Crippen molar-refractivity contribution in [3.63, 3.8) is 0 Å². The first-order valence-electron chi connectivity index (χ1n) is 13.2. The third-order valence-electron chi connectivity index (χ3n) is 8.34. The minimum atomic E-state index is -2.02. The number of Topliss-reactive ketones (excluding diaryl/α,β-unsaturated/α-hetero) is 2. The maximum atomic E-state index is 13.7. The number of allylic oxidation sites excluding steroid dienone is 2. The zero-order valence-corrected chi connectivity index (χ0v) is 25.0. The van der Waals surface area contributed by atoms with Gasteiger partial charge in [-0.25, -0.2) is 4.79 Å². The fourth-order valence-electron chi connectivity index (χ4n) is 5.26. The highest BCUT2D eigenvalue weighted by Gasteiger charge is 2.46. The maximum Gasteiger partial charge on any atom is 0.337 e. The van der Waals surface area contributed by atoms with Crippen LogP contribution in [0.4, 0.5) is 0 Å². The molecule has 36 heavy (non-hydrogen) atoms. The van der Waals surface area contributed by atoms with Crippen LogP contribution in [0.3, 0.4) is 0 Å². The lowest BCUT2D eigenvalue weighted by Crippen LogP contribution is -2.43. The van der Waals surface area contributed by atoms with Crippen molar-refractivity contribution in [2.24, 2.45) is 23.2 Å². The Labute approximate surface area is 218 Å². The Morgan fingerprint density at radius 1 is 1.08 bits per heavy atom. The van der Waals surface area contributed by atoms with Crippen LogP contribution in [-0.2, 0) is 23.5 Å². The second kappa shape index (κ2) is 11.3. The van der Waals surface area contributed by atoms with E-state index < -0.39 is 14.3 Å². The van der Waals surface area contributed by atoms with Crippen molar-refractivity contribution in [1.82, 2.24) is 0 Å². The van der Waals surface area contributed by atoms with Crippen LogP contribution in [0.2, 0.25) is 18.1 Å². The molecule has 0 radical (unpaired) electrons. The monoisotopic (exact) mass is 517 g/mol. The van der Waals surface area contributed by atoms with Gasteiger partial charge in [-0.15, -0.1) is 0 Å². The summed E-state index contributed by atoms with van der Waals surface area (Å²) in [5, 5.41) is 8.65. The van der Waals surface area contributed by atoms with E-state index in [-0.39, 0.29) is 45.9 Å². The van der Waals surface area contributed by atoms with E-state index >= 15 is 0 Å². The Bertz CT molecular complexity index is 948. The van der Waals surface area contributed by atoms with E-state index in [0.717, 1.165) is 18.4 Å². The average molecular weight is 518 g/mol. The fourth-order valence-corrected chi connectivity index (χ4v) is 6.64. The first-order chi connectivity index (χ1) is 16.4. The molecule has 2 rings (SSSR count). The first-order valence-corrected chi connectivity index (χ1v) is 16.1. The van der Waals surface area contributed by atoms with E-state index in [1.165, 1.54) is 7.11 Å². The van der Waals surface area contributed by atoms with Crippen LogP contribution < -0.4 is 0 Å². The van der Waals surface area contributed by atoms with Gasteiger partial charge in [0.05, 0.1) is 18.4 Å². The summed E-state index contributed by atoms with van der Waals surface area (Å²) >= 11 is 0. The number of esters is 1. The van der Waals surface area contributed by atoms with Crippen LogP contribution in [0.5, 0.6) is 0 Å². The number of hydrogen-bond donors (Lipinski definition) is 1. The smallest absolute Gasteiger partial charge is 0.337 e. The van der Waals surface area contributed by atoms with Gasteiger partial charge in [0.2, 0.25) is 0 Å². The van der Waals surface area contributed by atoms with Crippen molar-refractivity contribution in [3.05, 3.63) is 23.3 Å². The first kappa shape index (κ1) is 30.4. The molecule has 1 N–H and O–H groups in total. The van der Waals surface area contributed by atoms with Crippen LogP contribution in [0.1, 0.15) is 80.6 Å². The molecular weight excluding hydrogens is 470 g/mol. The van der Waals surface area contributed by atoms with Gasteiger partial charge in [-0.3, -0.25) is 4.79 Å². The highest BCUT2D eigenvalue weighted by atomic mass is 28.4. The summed E-state index contributed by atoms with van der Waals surface area (Å²) in [6.07, 6.45) is 6.18. The number of carbonyl (C=O) groups is 3. The van der Waals surface area contributed by atoms with E-state index in [9.17, 15) is 14.4 Å². The molecule has 0 bridgehead atoms. The highest BCUT2D eigenvalue weighted by Crippen LogP contribution is 2.47. The van der Waals surface area contributed by atoms with Gasteiger partial charge in [-0.05, 0) is 79.3 Å². The van der Waals surface area contributed by atoms with Gasteiger partial charge < -0.3 is 19.4 Å². The largest absolute Gasteiger partial charge is 0.465 e. The van der Waals surface area contributed by atoms with Crippen LogP contribution >= 0.6 is 0 Å². The van der Waals surface area contributed by atoms with Crippen molar-refractivity contribution >= 4 is 31.6 Å². The van der Waals surface area contributed by atoms with Crippen molar-refractivity contribution in [3.8, 4) is 0 Å². The molecule has 1 unspecified atom stereocenters. The number of methoxy groups -OCH3 is 1. The van der Waals surface area contributed by atoms with Crippen molar-refractivity contribution in [2.75, 3.05) is 7.11 Å². The van der Waals surface area contributed by atoms with Crippen molar-refractivity contribution in [2.45, 2.75) is 105 Å². The lowest BCUT2D eigenvalue weighted by Gasteiger charge is -2.38. The Morgan fingerprint density at radius 2 is 1.69 bits per heavy atom. The third-order valence-corrected chi connectivity index (χ3v) is 12.9. The Hall–Kier alpha value is -1.86. The van der Waals surface area contributed by atoms with Gasteiger partial charge in [-0.2, -0.15) is 0 Å². The summed E-state index contributed by atoms with van der Waals surface area (Å²) in [5.74, 6) is -0.397. The molecule has 6 nitrogen and oxygen atoms in total. The summed E-state index contributed by atoms with van der Waals surface area (Å²) in [7, 11) is -0.683. The molecule has 0 saturated heterocycles. The lowest BCUT2D eigenvalue weighted by molar-refractivity contribution is -0.135. The average Bonchev–Trinajstić information content (AvgIpc) is 3.27. The van der Waals surface area contributed by atoms with E-state index in [2.05, 4.69) is 54.6 Å². The molecule has 0 spiro atoms. The number of ketones is 2. The van der Waals surface area contributed by atoms with Gasteiger partial charge >= 0.3 is 5.97 Å². The van der Waals surface area contributed by atoms with Gasteiger partial charge in [0.15, 0.2) is 8.32 Å². The Kier molecular flexibility index (Phi) is 9.49. The minimum absolute atomic E-state index is 0.00914. The SMILES string of the molecule is COC(=O)C1=CC(=N)C([C@@H]2C[C@@H](O[Si](C)(C)C(C)(C)C)CC2CC(=O)[C@@H](CCC(C)=O)C(C)(C)C)=C1. The Balaban J connectivity index is 2.34.